The number of halogens is 2. The van der Waals surface area contributed by atoms with Crippen molar-refractivity contribution in [3.63, 3.8) is 0 Å². The van der Waals surface area contributed by atoms with Gasteiger partial charge in [0.05, 0.1) is 5.33 Å². The van der Waals surface area contributed by atoms with Crippen molar-refractivity contribution >= 4 is 31.9 Å². The molecular weight excluding hydrogens is 370 g/mol. The molecule has 0 fully saturated rings. The van der Waals surface area contributed by atoms with Crippen LogP contribution in [0.15, 0.2) is 22.7 Å². The highest BCUT2D eigenvalue weighted by Gasteiger charge is 2.23. The number of nitrogens with zero attached hydrogens (tertiary/aromatic N) is 3. The fourth-order valence-corrected chi connectivity index (χ4v) is 3.13. The van der Waals surface area contributed by atoms with Gasteiger partial charge in [-0.3, -0.25) is 0 Å². The van der Waals surface area contributed by atoms with E-state index < -0.39 is 0 Å². The van der Waals surface area contributed by atoms with Gasteiger partial charge in [-0.25, -0.2) is 0 Å². The second-order valence-corrected chi connectivity index (χ2v) is 7.07. The van der Waals surface area contributed by atoms with E-state index in [1.807, 2.05) is 0 Å². The third-order valence-electron chi connectivity index (χ3n) is 2.82. The predicted octanol–water partition coefficient (Wildman–Crippen LogP) is 4.67. The first kappa shape index (κ1) is 14.7. The lowest BCUT2D eigenvalue weighted by Crippen LogP contribution is -2.24. The Morgan fingerprint density at radius 3 is 2.37 bits per heavy atom. The normalized spacial score (nSPS) is 11.9. The second-order valence-electron chi connectivity index (χ2n) is 5.60. The van der Waals surface area contributed by atoms with Crippen molar-refractivity contribution in [2.24, 2.45) is 0 Å². The molecule has 3 nitrogen and oxygen atoms in total. The SMILES string of the molecule is Cc1cc(Br)cc(-c2nnc(CBr)n2C(C)(C)C)c1. The molecule has 1 aromatic heterocycles. The molecule has 0 amide bonds. The largest absolute Gasteiger partial charge is 0.305 e. The number of benzene rings is 1. The lowest BCUT2D eigenvalue weighted by atomic mass is 10.1. The van der Waals surface area contributed by atoms with Gasteiger partial charge in [0.1, 0.15) is 5.82 Å². The minimum atomic E-state index is -0.0574. The molecule has 0 aliphatic carbocycles. The molecule has 2 aromatic rings. The Kier molecular flexibility index (Phi) is 4.16. The van der Waals surface area contributed by atoms with Gasteiger partial charge in [-0.15, -0.1) is 10.2 Å². The summed E-state index contributed by atoms with van der Waals surface area (Å²) in [7, 11) is 0. The Labute approximate surface area is 130 Å². The molecule has 0 bridgehead atoms. The van der Waals surface area contributed by atoms with Gasteiger partial charge in [-0.05, 0) is 51.5 Å². The van der Waals surface area contributed by atoms with Crippen molar-refractivity contribution in [2.75, 3.05) is 0 Å². The fraction of sp³-hybridized carbons (Fsp3) is 0.429. The molecule has 19 heavy (non-hydrogen) atoms. The summed E-state index contributed by atoms with van der Waals surface area (Å²) in [5, 5.41) is 9.35. The highest BCUT2D eigenvalue weighted by molar-refractivity contribution is 9.10. The number of hydrogen-bond acceptors (Lipinski definition) is 2. The highest BCUT2D eigenvalue weighted by atomic mass is 79.9. The summed E-state index contributed by atoms with van der Waals surface area (Å²) in [6.45, 7) is 8.57. The molecule has 0 aliphatic heterocycles. The molecule has 0 atom stereocenters. The van der Waals surface area contributed by atoms with Crippen molar-refractivity contribution in [1.82, 2.24) is 14.8 Å². The number of rotatable bonds is 2. The van der Waals surface area contributed by atoms with Crippen LogP contribution >= 0.6 is 31.9 Å². The van der Waals surface area contributed by atoms with E-state index in [1.54, 1.807) is 0 Å². The smallest absolute Gasteiger partial charge is 0.164 e. The Morgan fingerprint density at radius 2 is 1.84 bits per heavy atom. The van der Waals surface area contributed by atoms with Crippen LogP contribution in [-0.4, -0.2) is 14.8 Å². The van der Waals surface area contributed by atoms with Crippen LogP contribution < -0.4 is 0 Å². The van der Waals surface area contributed by atoms with Gasteiger partial charge in [0, 0.05) is 15.6 Å². The van der Waals surface area contributed by atoms with Crippen molar-refractivity contribution in [3.05, 3.63) is 34.1 Å². The lowest BCUT2D eigenvalue weighted by molar-refractivity contribution is 0.391. The molecule has 0 N–H and O–H groups in total. The highest BCUT2D eigenvalue weighted by Crippen LogP contribution is 2.29. The van der Waals surface area contributed by atoms with E-state index in [0.717, 1.165) is 21.7 Å². The maximum absolute atomic E-state index is 4.37. The first-order valence-electron chi connectivity index (χ1n) is 6.11. The average molecular weight is 387 g/mol. The Bertz CT molecular complexity index is 577. The van der Waals surface area contributed by atoms with E-state index in [4.69, 9.17) is 0 Å². The van der Waals surface area contributed by atoms with Crippen LogP contribution in [0.2, 0.25) is 0 Å². The van der Waals surface area contributed by atoms with E-state index >= 15 is 0 Å². The van der Waals surface area contributed by atoms with E-state index in [0.29, 0.717) is 5.33 Å². The molecule has 2 rings (SSSR count). The summed E-state index contributed by atoms with van der Waals surface area (Å²) in [4.78, 5) is 0. The average Bonchev–Trinajstić information content (AvgIpc) is 2.70. The number of hydrogen-bond donors (Lipinski definition) is 0. The molecule has 0 radical (unpaired) electrons. The van der Waals surface area contributed by atoms with Crippen molar-refractivity contribution in [2.45, 2.75) is 38.6 Å². The first-order chi connectivity index (χ1) is 8.82. The number of aromatic nitrogens is 3. The van der Waals surface area contributed by atoms with Crippen LogP contribution in [0.25, 0.3) is 11.4 Å². The van der Waals surface area contributed by atoms with Crippen molar-refractivity contribution in [1.29, 1.82) is 0 Å². The zero-order chi connectivity index (χ0) is 14.2. The molecule has 1 aromatic carbocycles. The van der Waals surface area contributed by atoms with Gasteiger partial charge in [0.25, 0.3) is 0 Å². The van der Waals surface area contributed by atoms with Crippen LogP contribution in [-0.2, 0) is 10.9 Å². The quantitative estimate of drug-likeness (QED) is 0.702. The van der Waals surface area contributed by atoms with E-state index in [1.165, 1.54) is 5.56 Å². The van der Waals surface area contributed by atoms with Gasteiger partial charge in [-0.1, -0.05) is 31.9 Å². The van der Waals surface area contributed by atoms with E-state index in [9.17, 15) is 0 Å². The molecule has 0 unspecified atom stereocenters. The molecule has 1 heterocycles. The minimum absolute atomic E-state index is 0.0574. The molecule has 0 aliphatic rings. The zero-order valence-corrected chi connectivity index (χ0v) is 14.7. The fourth-order valence-electron chi connectivity index (χ4n) is 2.16. The van der Waals surface area contributed by atoms with Crippen LogP contribution in [0.4, 0.5) is 0 Å². The van der Waals surface area contributed by atoms with Gasteiger partial charge in [0.15, 0.2) is 5.82 Å². The molecular formula is C14H17Br2N3. The lowest BCUT2D eigenvalue weighted by Gasteiger charge is -2.24. The van der Waals surface area contributed by atoms with Crippen LogP contribution in [0.3, 0.4) is 0 Å². The van der Waals surface area contributed by atoms with Gasteiger partial charge < -0.3 is 4.57 Å². The summed E-state index contributed by atoms with van der Waals surface area (Å²) in [5.74, 6) is 1.85. The van der Waals surface area contributed by atoms with E-state index in [-0.39, 0.29) is 5.54 Å². The Hall–Kier alpha value is -0.680. The monoisotopic (exact) mass is 385 g/mol. The predicted molar refractivity (Wildman–Crippen MR) is 85.5 cm³/mol. The molecule has 102 valence electrons. The second kappa shape index (κ2) is 5.37. The van der Waals surface area contributed by atoms with Gasteiger partial charge >= 0.3 is 0 Å². The van der Waals surface area contributed by atoms with E-state index in [2.05, 4.69) is 92.5 Å². The summed E-state index contributed by atoms with van der Waals surface area (Å²) >= 11 is 7.03. The Balaban J connectivity index is 2.66. The summed E-state index contributed by atoms with van der Waals surface area (Å²) in [6, 6.07) is 6.30. The maximum atomic E-state index is 4.37. The van der Waals surface area contributed by atoms with Crippen LogP contribution in [0.5, 0.6) is 0 Å². The molecule has 0 spiro atoms. The van der Waals surface area contributed by atoms with Crippen LogP contribution in [0.1, 0.15) is 32.2 Å². The topological polar surface area (TPSA) is 30.7 Å². The van der Waals surface area contributed by atoms with Crippen LogP contribution in [0, 0.1) is 6.92 Å². The molecule has 0 saturated heterocycles. The molecule has 5 heteroatoms. The standard InChI is InChI=1S/C14H17Br2N3/c1-9-5-10(7-11(16)6-9)13-18-17-12(8-15)19(13)14(2,3)4/h5-7H,8H2,1-4H3. The first-order valence-corrected chi connectivity index (χ1v) is 8.02. The van der Waals surface area contributed by atoms with Gasteiger partial charge in [-0.2, -0.15) is 0 Å². The zero-order valence-electron chi connectivity index (χ0n) is 11.5. The van der Waals surface area contributed by atoms with Crippen molar-refractivity contribution < 1.29 is 0 Å². The number of aryl methyl sites for hydroxylation is 1. The van der Waals surface area contributed by atoms with Crippen molar-refractivity contribution in [3.8, 4) is 11.4 Å². The molecule has 0 saturated carbocycles. The third-order valence-corrected chi connectivity index (χ3v) is 3.78. The third kappa shape index (κ3) is 3.08. The van der Waals surface area contributed by atoms with Gasteiger partial charge in [0.2, 0.25) is 0 Å². The maximum Gasteiger partial charge on any atom is 0.164 e. The summed E-state index contributed by atoms with van der Waals surface area (Å²) < 4.78 is 3.24. The number of alkyl halides is 1. The minimum Gasteiger partial charge on any atom is -0.305 e. The summed E-state index contributed by atoms with van der Waals surface area (Å²) in [5.41, 5.74) is 2.23. The summed E-state index contributed by atoms with van der Waals surface area (Å²) in [6.07, 6.45) is 0. The Morgan fingerprint density at radius 1 is 1.16 bits per heavy atom.